The summed E-state index contributed by atoms with van der Waals surface area (Å²) < 4.78 is 4.89. The molecule has 4 nitrogen and oxygen atoms in total. The molecular weight excluding hydrogens is 266 g/mol. The number of carbonyl (C=O) groups is 2. The highest BCUT2D eigenvalue weighted by molar-refractivity contribution is 5.91. The van der Waals surface area contributed by atoms with Crippen LogP contribution in [0.3, 0.4) is 0 Å². The van der Waals surface area contributed by atoms with Crippen LogP contribution in [0, 0.1) is 0 Å². The third-order valence-corrected chi connectivity index (χ3v) is 3.51. The lowest BCUT2D eigenvalue weighted by Crippen LogP contribution is -2.31. The molecule has 110 valence electrons. The van der Waals surface area contributed by atoms with E-state index in [2.05, 4.69) is 5.32 Å². The number of rotatable bonds is 5. The first-order valence-corrected chi connectivity index (χ1v) is 6.99. The summed E-state index contributed by atoms with van der Waals surface area (Å²) in [6.07, 6.45) is 0.392. The van der Waals surface area contributed by atoms with Crippen LogP contribution in [0.2, 0.25) is 0 Å². The fourth-order valence-corrected chi connectivity index (χ4v) is 2.36. The predicted molar refractivity (Wildman–Crippen MR) is 82.0 cm³/mol. The first-order chi connectivity index (χ1) is 10.2. The van der Waals surface area contributed by atoms with E-state index >= 15 is 0 Å². The van der Waals surface area contributed by atoms with Gasteiger partial charge in [-0.05, 0) is 16.3 Å². The number of benzene rings is 2. The molecule has 0 saturated carbocycles. The largest absolute Gasteiger partial charge is 0.468 e. The number of hydrogen-bond acceptors (Lipinski definition) is 3. The van der Waals surface area contributed by atoms with Crippen molar-refractivity contribution in [3.8, 4) is 0 Å². The molecule has 1 N–H and O–H groups in total. The van der Waals surface area contributed by atoms with Crippen LogP contribution in [0.5, 0.6) is 0 Å². The highest BCUT2D eigenvalue weighted by atomic mass is 16.5. The Kier molecular flexibility index (Phi) is 4.93. The first-order valence-electron chi connectivity index (χ1n) is 6.99. The molecule has 1 amide bonds. The second-order valence-corrected chi connectivity index (χ2v) is 4.80. The second-order valence-electron chi connectivity index (χ2n) is 4.80. The quantitative estimate of drug-likeness (QED) is 0.859. The summed E-state index contributed by atoms with van der Waals surface area (Å²) in [6.45, 7) is 2.02. The predicted octanol–water partition coefficient (Wildman–Crippen LogP) is 2.62. The molecule has 0 aliphatic rings. The van der Waals surface area contributed by atoms with Gasteiger partial charge in [0.1, 0.15) is 0 Å². The smallest absolute Gasteiger partial charge is 0.314 e. The number of esters is 1. The van der Waals surface area contributed by atoms with Crippen LogP contribution in [0.1, 0.15) is 24.8 Å². The van der Waals surface area contributed by atoms with E-state index in [1.165, 1.54) is 7.11 Å². The molecule has 0 saturated heterocycles. The Morgan fingerprint density at radius 1 is 1.14 bits per heavy atom. The van der Waals surface area contributed by atoms with Crippen molar-refractivity contribution in [2.75, 3.05) is 13.7 Å². The van der Waals surface area contributed by atoms with Gasteiger partial charge in [-0.1, -0.05) is 49.4 Å². The fraction of sp³-hybridized carbons (Fsp3) is 0.294. The van der Waals surface area contributed by atoms with Gasteiger partial charge in [-0.25, -0.2) is 0 Å². The van der Waals surface area contributed by atoms with E-state index in [4.69, 9.17) is 4.74 Å². The van der Waals surface area contributed by atoms with Crippen molar-refractivity contribution in [1.29, 1.82) is 0 Å². The Morgan fingerprint density at radius 3 is 2.57 bits per heavy atom. The maximum absolute atomic E-state index is 12.1. The van der Waals surface area contributed by atoms with E-state index in [0.717, 1.165) is 16.3 Å². The lowest BCUT2D eigenvalue weighted by molar-refractivity contribution is -0.142. The molecule has 1 unspecified atom stereocenters. The molecule has 21 heavy (non-hydrogen) atoms. The van der Waals surface area contributed by atoms with E-state index in [0.29, 0.717) is 6.42 Å². The average Bonchev–Trinajstić information content (AvgIpc) is 2.54. The van der Waals surface area contributed by atoms with Crippen LogP contribution in [-0.4, -0.2) is 25.5 Å². The van der Waals surface area contributed by atoms with Gasteiger partial charge in [0.05, 0.1) is 13.0 Å². The van der Waals surface area contributed by atoms with Gasteiger partial charge in [0, 0.05) is 13.0 Å². The Balaban J connectivity index is 2.39. The maximum atomic E-state index is 12.1. The lowest BCUT2D eigenvalue weighted by Gasteiger charge is -2.17. The van der Waals surface area contributed by atoms with Gasteiger partial charge in [-0.2, -0.15) is 0 Å². The topological polar surface area (TPSA) is 55.4 Å². The Labute approximate surface area is 124 Å². The van der Waals surface area contributed by atoms with E-state index < -0.39 is 5.92 Å². The SMILES string of the molecule is CCC(=O)NCC(C(=O)OC)c1cccc2ccccc12. The Hall–Kier alpha value is -2.36. The van der Waals surface area contributed by atoms with Gasteiger partial charge in [0.15, 0.2) is 0 Å². The summed E-state index contributed by atoms with van der Waals surface area (Å²) in [6, 6.07) is 13.7. The van der Waals surface area contributed by atoms with E-state index in [1.54, 1.807) is 6.92 Å². The summed E-state index contributed by atoms with van der Waals surface area (Å²) in [4.78, 5) is 23.5. The van der Waals surface area contributed by atoms with Crippen LogP contribution in [0.4, 0.5) is 0 Å². The van der Waals surface area contributed by atoms with E-state index in [1.807, 2.05) is 42.5 Å². The normalized spacial score (nSPS) is 11.9. The van der Waals surface area contributed by atoms with Gasteiger partial charge in [-0.15, -0.1) is 0 Å². The highest BCUT2D eigenvalue weighted by Gasteiger charge is 2.23. The van der Waals surface area contributed by atoms with Crippen LogP contribution in [0.15, 0.2) is 42.5 Å². The molecule has 2 aromatic carbocycles. The molecule has 4 heteroatoms. The molecule has 0 aliphatic heterocycles. The van der Waals surface area contributed by atoms with E-state index in [-0.39, 0.29) is 18.4 Å². The summed E-state index contributed by atoms with van der Waals surface area (Å²) in [5.41, 5.74) is 0.872. The number of nitrogens with one attached hydrogen (secondary N) is 1. The first kappa shape index (κ1) is 15.0. The van der Waals surface area contributed by atoms with Crippen molar-refractivity contribution in [3.63, 3.8) is 0 Å². The second kappa shape index (κ2) is 6.88. The van der Waals surface area contributed by atoms with Crippen molar-refractivity contribution in [3.05, 3.63) is 48.0 Å². The van der Waals surface area contributed by atoms with Crippen molar-refractivity contribution >= 4 is 22.6 Å². The highest BCUT2D eigenvalue weighted by Crippen LogP contribution is 2.26. The fourth-order valence-electron chi connectivity index (χ4n) is 2.36. The Bertz CT molecular complexity index is 646. The molecule has 0 fully saturated rings. The van der Waals surface area contributed by atoms with Gasteiger partial charge in [-0.3, -0.25) is 9.59 Å². The molecule has 0 aliphatic carbocycles. The zero-order chi connectivity index (χ0) is 15.2. The zero-order valence-corrected chi connectivity index (χ0v) is 12.3. The third-order valence-electron chi connectivity index (χ3n) is 3.51. The van der Waals surface area contributed by atoms with Gasteiger partial charge in [0.25, 0.3) is 0 Å². The molecule has 0 heterocycles. The minimum atomic E-state index is -0.503. The number of carbonyl (C=O) groups excluding carboxylic acids is 2. The standard InChI is InChI=1S/C17H19NO3/c1-3-16(19)18-11-15(17(20)21-2)14-10-6-8-12-7-4-5-9-13(12)14/h4-10,15H,3,11H2,1-2H3,(H,18,19). The van der Waals surface area contributed by atoms with Crippen molar-refractivity contribution < 1.29 is 14.3 Å². The van der Waals surface area contributed by atoms with Crippen molar-refractivity contribution in [2.24, 2.45) is 0 Å². The van der Waals surface area contributed by atoms with Gasteiger partial charge in [0.2, 0.25) is 5.91 Å². The zero-order valence-electron chi connectivity index (χ0n) is 12.3. The molecule has 2 aromatic rings. The van der Waals surface area contributed by atoms with Crippen molar-refractivity contribution in [1.82, 2.24) is 5.32 Å². The average molecular weight is 285 g/mol. The molecule has 0 spiro atoms. The summed E-state index contributed by atoms with van der Waals surface area (Å²) in [5.74, 6) is -0.927. The minimum Gasteiger partial charge on any atom is -0.468 e. The lowest BCUT2D eigenvalue weighted by atomic mass is 9.93. The number of amides is 1. The molecule has 2 rings (SSSR count). The van der Waals surface area contributed by atoms with Crippen LogP contribution < -0.4 is 5.32 Å². The molecular formula is C17H19NO3. The molecule has 0 bridgehead atoms. The van der Waals surface area contributed by atoms with Crippen LogP contribution in [0.25, 0.3) is 10.8 Å². The van der Waals surface area contributed by atoms with Crippen LogP contribution >= 0.6 is 0 Å². The molecule has 0 aromatic heterocycles. The molecule has 1 atom stereocenters. The molecule has 0 radical (unpaired) electrons. The van der Waals surface area contributed by atoms with Crippen molar-refractivity contribution in [2.45, 2.75) is 19.3 Å². The number of hydrogen-bond donors (Lipinski definition) is 1. The summed E-state index contributed by atoms with van der Waals surface area (Å²) in [7, 11) is 1.36. The number of ether oxygens (including phenoxy) is 1. The third kappa shape index (κ3) is 3.40. The number of methoxy groups -OCH3 is 1. The van der Waals surface area contributed by atoms with E-state index in [9.17, 15) is 9.59 Å². The minimum absolute atomic E-state index is 0.0795. The summed E-state index contributed by atoms with van der Waals surface area (Å²) in [5, 5.41) is 4.83. The summed E-state index contributed by atoms with van der Waals surface area (Å²) >= 11 is 0. The van der Waals surface area contributed by atoms with Gasteiger partial charge < -0.3 is 10.1 Å². The Morgan fingerprint density at radius 2 is 1.86 bits per heavy atom. The monoisotopic (exact) mass is 285 g/mol. The maximum Gasteiger partial charge on any atom is 0.314 e. The van der Waals surface area contributed by atoms with Gasteiger partial charge >= 0.3 is 5.97 Å². The van der Waals surface area contributed by atoms with Crippen LogP contribution in [-0.2, 0) is 14.3 Å². The number of fused-ring (bicyclic) bond motifs is 1.